The minimum atomic E-state index is -4.85. The zero-order valence-corrected chi connectivity index (χ0v) is 12.8. The van der Waals surface area contributed by atoms with E-state index in [2.05, 4.69) is 10.0 Å². The van der Waals surface area contributed by atoms with Gasteiger partial charge >= 0.3 is 6.18 Å². The van der Waals surface area contributed by atoms with Crippen LogP contribution in [0.1, 0.15) is 31.2 Å². The van der Waals surface area contributed by atoms with Crippen LogP contribution < -0.4 is 10.0 Å². The second-order valence-corrected chi connectivity index (χ2v) is 7.78. The summed E-state index contributed by atoms with van der Waals surface area (Å²) in [4.78, 5) is -0.492. The molecule has 0 amide bonds. The number of alkyl halides is 3. The van der Waals surface area contributed by atoms with Crippen molar-refractivity contribution in [1.29, 1.82) is 0 Å². The van der Waals surface area contributed by atoms with Crippen molar-refractivity contribution >= 4 is 10.0 Å². The molecule has 2 saturated heterocycles. The topological polar surface area (TPSA) is 58.2 Å². The van der Waals surface area contributed by atoms with E-state index in [0.717, 1.165) is 18.9 Å². The third kappa shape index (κ3) is 3.51. The highest BCUT2D eigenvalue weighted by molar-refractivity contribution is 7.89. The van der Waals surface area contributed by atoms with Crippen molar-refractivity contribution in [3.05, 3.63) is 29.6 Å². The Morgan fingerprint density at radius 3 is 2.26 bits per heavy atom. The molecule has 0 radical (unpaired) electrons. The van der Waals surface area contributed by atoms with Gasteiger partial charge in [-0.25, -0.2) is 17.5 Å². The number of benzene rings is 1. The van der Waals surface area contributed by atoms with Crippen molar-refractivity contribution in [3.8, 4) is 0 Å². The normalized spacial score (nSPS) is 28.1. The molecule has 2 bridgehead atoms. The monoisotopic (exact) mass is 352 g/mol. The fraction of sp³-hybridized carbons (Fsp3) is 0.571. The molecular formula is C14H16F4N2O2S. The molecule has 0 saturated carbocycles. The minimum Gasteiger partial charge on any atom is -0.311 e. The van der Waals surface area contributed by atoms with E-state index in [1.54, 1.807) is 0 Å². The molecule has 9 heteroatoms. The molecule has 2 aliphatic rings. The van der Waals surface area contributed by atoms with Gasteiger partial charge in [0.2, 0.25) is 10.0 Å². The molecule has 1 aromatic rings. The van der Waals surface area contributed by atoms with Crippen molar-refractivity contribution in [2.24, 2.45) is 0 Å². The second kappa shape index (κ2) is 5.71. The van der Waals surface area contributed by atoms with Gasteiger partial charge in [-0.15, -0.1) is 0 Å². The SMILES string of the molecule is O=S(=O)(NC1CC2CCC(C1)N2)c1ccc(C(F)(F)F)c(F)c1. The van der Waals surface area contributed by atoms with Gasteiger partial charge in [-0.3, -0.25) is 0 Å². The summed E-state index contributed by atoms with van der Waals surface area (Å²) in [7, 11) is -4.05. The van der Waals surface area contributed by atoms with Crippen LogP contribution in [0.4, 0.5) is 17.6 Å². The van der Waals surface area contributed by atoms with Gasteiger partial charge in [0.25, 0.3) is 0 Å². The molecular weight excluding hydrogens is 336 g/mol. The van der Waals surface area contributed by atoms with E-state index in [1.807, 2.05) is 0 Å². The molecule has 4 nitrogen and oxygen atoms in total. The highest BCUT2D eigenvalue weighted by Crippen LogP contribution is 2.32. The Morgan fingerprint density at radius 1 is 1.13 bits per heavy atom. The summed E-state index contributed by atoms with van der Waals surface area (Å²) in [6, 6.07) is 1.88. The van der Waals surface area contributed by atoms with Crippen LogP contribution in [0.3, 0.4) is 0 Å². The molecule has 3 rings (SSSR count). The Balaban J connectivity index is 1.78. The summed E-state index contributed by atoms with van der Waals surface area (Å²) < 4.78 is 78.2. The molecule has 2 atom stereocenters. The van der Waals surface area contributed by atoms with Gasteiger partial charge in [0.1, 0.15) is 5.82 Å². The average molecular weight is 352 g/mol. The van der Waals surface area contributed by atoms with Gasteiger partial charge in [-0.2, -0.15) is 13.2 Å². The second-order valence-electron chi connectivity index (χ2n) is 6.07. The lowest BCUT2D eigenvalue weighted by Crippen LogP contribution is -2.47. The summed E-state index contributed by atoms with van der Waals surface area (Å²) in [6.45, 7) is 0. The molecule has 23 heavy (non-hydrogen) atoms. The summed E-state index contributed by atoms with van der Waals surface area (Å²) in [6.07, 6.45) is -1.64. The van der Waals surface area contributed by atoms with Crippen LogP contribution in [-0.4, -0.2) is 26.5 Å². The number of nitrogens with one attached hydrogen (secondary N) is 2. The highest BCUT2D eigenvalue weighted by Gasteiger charge is 2.37. The van der Waals surface area contributed by atoms with E-state index in [-0.39, 0.29) is 18.1 Å². The fourth-order valence-corrected chi connectivity index (χ4v) is 4.61. The molecule has 128 valence electrons. The zero-order valence-electron chi connectivity index (χ0n) is 12.0. The first-order valence-corrected chi connectivity index (χ1v) is 8.78. The number of halogens is 4. The predicted molar refractivity (Wildman–Crippen MR) is 74.7 cm³/mol. The summed E-state index contributed by atoms with van der Waals surface area (Å²) in [5.41, 5.74) is -1.48. The van der Waals surface area contributed by atoms with Crippen LogP contribution in [0, 0.1) is 5.82 Å². The lowest BCUT2D eigenvalue weighted by Gasteiger charge is -2.29. The Hall–Kier alpha value is -1.19. The van der Waals surface area contributed by atoms with Gasteiger partial charge in [-0.1, -0.05) is 0 Å². The molecule has 0 aromatic heterocycles. The Morgan fingerprint density at radius 2 is 1.74 bits per heavy atom. The number of sulfonamides is 1. The van der Waals surface area contributed by atoms with E-state index in [0.29, 0.717) is 25.0 Å². The number of hydrogen-bond acceptors (Lipinski definition) is 3. The maximum absolute atomic E-state index is 13.6. The molecule has 2 unspecified atom stereocenters. The van der Waals surface area contributed by atoms with E-state index in [1.165, 1.54) is 0 Å². The van der Waals surface area contributed by atoms with Crippen molar-refractivity contribution in [1.82, 2.24) is 10.0 Å². The number of fused-ring (bicyclic) bond motifs is 2. The van der Waals surface area contributed by atoms with Crippen LogP contribution in [-0.2, 0) is 16.2 Å². The zero-order chi connectivity index (χ0) is 16.8. The van der Waals surface area contributed by atoms with E-state index < -0.39 is 32.5 Å². The summed E-state index contributed by atoms with van der Waals surface area (Å²) >= 11 is 0. The first-order chi connectivity index (χ1) is 10.6. The van der Waals surface area contributed by atoms with Gasteiger partial charge in [0.05, 0.1) is 10.5 Å². The third-order valence-electron chi connectivity index (χ3n) is 4.35. The van der Waals surface area contributed by atoms with Crippen LogP contribution >= 0.6 is 0 Å². The van der Waals surface area contributed by atoms with Gasteiger partial charge in [0.15, 0.2) is 0 Å². The Kier molecular flexibility index (Phi) is 4.14. The molecule has 1 aromatic carbocycles. The predicted octanol–water partition coefficient (Wildman–Crippen LogP) is 2.41. The van der Waals surface area contributed by atoms with E-state index in [9.17, 15) is 26.0 Å². The van der Waals surface area contributed by atoms with Crippen LogP contribution in [0.2, 0.25) is 0 Å². The maximum Gasteiger partial charge on any atom is 0.419 e. The first-order valence-electron chi connectivity index (χ1n) is 7.30. The van der Waals surface area contributed by atoms with Gasteiger partial charge in [0, 0.05) is 18.1 Å². The highest BCUT2D eigenvalue weighted by atomic mass is 32.2. The standard InChI is InChI=1S/C14H16F4N2O2S/c15-13-7-11(3-4-12(13)14(16,17)18)23(21,22)20-10-5-8-1-2-9(6-10)19-8/h3-4,7-10,19-20H,1-2,5-6H2. The number of hydrogen-bond donors (Lipinski definition) is 2. The third-order valence-corrected chi connectivity index (χ3v) is 5.87. The van der Waals surface area contributed by atoms with Crippen LogP contribution in [0.25, 0.3) is 0 Å². The molecule has 0 aliphatic carbocycles. The van der Waals surface area contributed by atoms with E-state index >= 15 is 0 Å². The molecule has 2 heterocycles. The first kappa shape index (κ1) is 16.7. The maximum atomic E-state index is 13.6. The quantitative estimate of drug-likeness (QED) is 0.822. The van der Waals surface area contributed by atoms with Gasteiger partial charge < -0.3 is 5.32 Å². The van der Waals surface area contributed by atoms with Gasteiger partial charge in [-0.05, 0) is 43.9 Å². The fourth-order valence-electron chi connectivity index (χ4n) is 3.33. The lowest BCUT2D eigenvalue weighted by molar-refractivity contribution is -0.140. The Bertz CT molecular complexity index is 693. The smallest absolute Gasteiger partial charge is 0.311 e. The molecule has 2 fully saturated rings. The average Bonchev–Trinajstić information content (AvgIpc) is 2.76. The van der Waals surface area contributed by atoms with Crippen LogP contribution in [0.15, 0.2) is 23.1 Å². The summed E-state index contributed by atoms with van der Waals surface area (Å²) in [5, 5.41) is 3.36. The lowest BCUT2D eigenvalue weighted by atomic mass is 10.0. The van der Waals surface area contributed by atoms with Crippen molar-refractivity contribution in [3.63, 3.8) is 0 Å². The molecule has 2 aliphatic heterocycles. The molecule has 0 spiro atoms. The van der Waals surface area contributed by atoms with Crippen molar-refractivity contribution < 1.29 is 26.0 Å². The molecule has 2 N–H and O–H groups in total. The Labute approximate surface area is 131 Å². The largest absolute Gasteiger partial charge is 0.419 e. The summed E-state index contributed by atoms with van der Waals surface area (Å²) in [5.74, 6) is -1.59. The number of rotatable bonds is 3. The van der Waals surface area contributed by atoms with Crippen molar-refractivity contribution in [2.75, 3.05) is 0 Å². The number of piperidine rings is 1. The van der Waals surface area contributed by atoms with Crippen LogP contribution in [0.5, 0.6) is 0 Å². The van der Waals surface area contributed by atoms with Crippen molar-refractivity contribution in [2.45, 2.75) is 54.9 Å². The minimum absolute atomic E-state index is 0.255. The van der Waals surface area contributed by atoms with E-state index in [4.69, 9.17) is 0 Å².